The predicted molar refractivity (Wildman–Crippen MR) is 83.9 cm³/mol. The topological polar surface area (TPSA) is 60.3 Å². The van der Waals surface area contributed by atoms with Crippen molar-refractivity contribution in [2.24, 2.45) is 7.05 Å². The molecule has 0 bridgehead atoms. The highest BCUT2D eigenvalue weighted by Gasteiger charge is 2.22. The van der Waals surface area contributed by atoms with Gasteiger partial charge in [0.25, 0.3) is 5.56 Å². The molecule has 0 atom stereocenters. The predicted octanol–water partition coefficient (Wildman–Crippen LogP) is 2.54. The van der Waals surface area contributed by atoms with E-state index in [1.54, 1.807) is 14.0 Å². The number of hydrogen-bond donors (Lipinski definition) is 1. The Morgan fingerprint density at radius 3 is 2.62 bits per heavy atom. The minimum absolute atomic E-state index is 0.0618. The Kier molecular flexibility index (Phi) is 4.31. The van der Waals surface area contributed by atoms with Gasteiger partial charge < -0.3 is 14.6 Å². The molecule has 5 nitrogen and oxygen atoms in total. The largest absolute Gasteiger partial charge is 0.462 e. The SMILES string of the molecule is CCOC(=O)c1c(NC(C)C)c2ccccc2n(C)c1=O. The van der Waals surface area contributed by atoms with E-state index in [2.05, 4.69) is 5.32 Å². The second-order valence-corrected chi connectivity index (χ2v) is 5.15. The summed E-state index contributed by atoms with van der Waals surface area (Å²) in [4.78, 5) is 24.7. The summed E-state index contributed by atoms with van der Waals surface area (Å²) in [7, 11) is 1.66. The number of fused-ring (bicyclic) bond motifs is 1. The molecule has 5 heteroatoms. The van der Waals surface area contributed by atoms with Gasteiger partial charge in [-0.3, -0.25) is 4.79 Å². The molecule has 21 heavy (non-hydrogen) atoms. The van der Waals surface area contributed by atoms with Crippen molar-refractivity contribution in [1.82, 2.24) is 4.57 Å². The molecule has 0 aliphatic rings. The Labute approximate surface area is 123 Å². The number of rotatable bonds is 4. The van der Waals surface area contributed by atoms with Crippen LogP contribution in [0.4, 0.5) is 5.69 Å². The molecule has 0 aliphatic carbocycles. The number of benzene rings is 1. The fraction of sp³-hybridized carbons (Fsp3) is 0.375. The number of hydrogen-bond acceptors (Lipinski definition) is 4. The lowest BCUT2D eigenvalue weighted by Crippen LogP contribution is -2.29. The van der Waals surface area contributed by atoms with E-state index in [-0.39, 0.29) is 23.8 Å². The highest BCUT2D eigenvalue weighted by Crippen LogP contribution is 2.26. The van der Waals surface area contributed by atoms with Crippen LogP contribution < -0.4 is 10.9 Å². The standard InChI is InChI=1S/C16H20N2O3/c1-5-21-16(20)13-14(17-10(2)3)11-8-6-7-9-12(11)18(4)15(13)19/h6-10,17H,5H2,1-4H3. The summed E-state index contributed by atoms with van der Waals surface area (Å²) in [6.07, 6.45) is 0. The van der Waals surface area contributed by atoms with E-state index in [1.807, 2.05) is 38.1 Å². The third-order valence-electron chi connectivity index (χ3n) is 3.22. The van der Waals surface area contributed by atoms with Crippen LogP contribution in [-0.4, -0.2) is 23.2 Å². The average molecular weight is 288 g/mol. The summed E-state index contributed by atoms with van der Waals surface area (Å²) in [5.74, 6) is -0.591. The van der Waals surface area contributed by atoms with Gasteiger partial charge in [0.05, 0.1) is 17.8 Å². The summed E-state index contributed by atoms with van der Waals surface area (Å²) in [5, 5.41) is 4.04. The molecule has 0 radical (unpaired) electrons. The first-order valence-electron chi connectivity index (χ1n) is 7.02. The molecule has 0 fully saturated rings. The second kappa shape index (κ2) is 5.99. The van der Waals surface area contributed by atoms with Gasteiger partial charge in [-0.2, -0.15) is 0 Å². The Morgan fingerprint density at radius 2 is 2.00 bits per heavy atom. The zero-order chi connectivity index (χ0) is 15.6. The molecule has 0 amide bonds. The van der Waals surface area contributed by atoms with E-state index in [9.17, 15) is 9.59 Å². The summed E-state index contributed by atoms with van der Waals surface area (Å²) < 4.78 is 6.52. The number of aryl methyl sites for hydroxylation is 1. The molecule has 1 N–H and O–H groups in total. The summed E-state index contributed by atoms with van der Waals surface area (Å²) >= 11 is 0. The van der Waals surface area contributed by atoms with Crippen LogP contribution in [0, 0.1) is 0 Å². The monoisotopic (exact) mass is 288 g/mol. The lowest BCUT2D eigenvalue weighted by molar-refractivity contribution is 0.0525. The molecule has 0 saturated carbocycles. The van der Waals surface area contributed by atoms with Gasteiger partial charge in [-0.05, 0) is 26.8 Å². The van der Waals surface area contributed by atoms with Crippen LogP contribution in [0.25, 0.3) is 10.9 Å². The van der Waals surface area contributed by atoms with Crippen molar-refractivity contribution >= 4 is 22.6 Å². The minimum atomic E-state index is -0.591. The Bertz CT molecular complexity index is 732. The van der Waals surface area contributed by atoms with Gasteiger partial charge in [-0.15, -0.1) is 0 Å². The number of nitrogens with one attached hydrogen (secondary N) is 1. The maximum Gasteiger partial charge on any atom is 0.345 e. The van der Waals surface area contributed by atoms with Gasteiger partial charge >= 0.3 is 5.97 Å². The number of carbonyl (C=O) groups excluding carboxylic acids is 1. The van der Waals surface area contributed by atoms with Gasteiger partial charge in [0, 0.05) is 18.5 Å². The zero-order valence-electron chi connectivity index (χ0n) is 12.8. The van der Waals surface area contributed by atoms with Crippen molar-refractivity contribution in [3.8, 4) is 0 Å². The van der Waals surface area contributed by atoms with Crippen LogP contribution in [0.5, 0.6) is 0 Å². The lowest BCUT2D eigenvalue weighted by atomic mass is 10.1. The van der Waals surface area contributed by atoms with E-state index < -0.39 is 5.97 Å². The highest BCUT2D eigenvalue weighted by atomic mass is 16.5. The number of aromatic nitrogens is 1. The molecule has 1 aromatic carbocycles. The van der Waals surface area contributed by atoms with Crippen molar-refractivity contribution in [3.63, 3.8) is 0 Å². The minimum Gasteiger partial charge on any atom is -0.462 e. The first-order valence-corrected chi connectivity index (χ1v) is 7.02. The smallest absolute Gasteiger partial charge is 0.345 e. The van der Waals surface area contributed by atoms with Crippen LogP contribution in [0.3, 0.4) is 0 Å². The highest BCUT2D eigenvalue weighted by molar-refractivity contribution is 6.05. The fourth-order valence-electron chi connectivity index (χ4n) is 2.33. The zero-order valence-corrected chi connectivity index (χ0v) is 12.8. The molecule has 2 aromatic rings. The molecule has 1 heterocycles. The Morgan fingerprint density at radius 1 is 1.33 bits per heavy atom. The molecule has 0 spiro atoms. The van der Waals surface area contributed by atoms with Gasteiger partial charge in [0.15, 0.2) is 0 Å². The van der Waals surface area contributed by atoms with Crippen LogP contribution in [0.15, 0.2) is 29.1 Å². The number of pyridine rings is 1. The number of esters is 1. The molecule has 0 unspecified atom stereocenters. The van der Waals surface area contributed by atoms with Crippen molar-refractivity contribution in [2.45, 2.75) is 26.8 Å². The molecule has 0 aliphatic heterocycles. The number of carbonyl (C=O) groups is 1. The Balaban J connectivity index is 2.84. The first-order chi connectivity index (χ1) is 9.97. The van der Waals surface area contributed by atoms with Crippen LogP contribution in [0.1, 0.15) is 31.1 Å². The van der Waals surface area contributed by atoms with Crippen molar-refractivity contribution in [2.75, 3.05) is 11.9 Å². The normalized spacial score (nSPS) is 10.9. The lowest BCUT2D eigenvalue weighted by Gasteiger charge is -2.18. The van der Waals surface area contributed by atoms with Gasteiger partial charge in [-0.1, -0.05) is 18.2 Å². The maximum atomic E-state index is 12.5. The van der Waals surface area contributed by atoms with E-state index in [1.165, 1.54) is 4.57 Å². The number of para-hydroxylation sites is 1. The molecule has 2 rings (SSSR count). The molecular formula is C16H20N2O3. The number of nitrogens with zero attached hydrogens (tertiary/aromatic N) is 1. The van der Waals surface area contributed by atoms with Crippen LogP contribution in [0.2, 0.25) is 0 Å². The van der Waals surface area contributed by atoms with E-state index in [0.717, 1.165) is 10.9 Å². The fourth-order valence-corrected chi connectivity index (χ4v) is 2.33. The maximum absolute atomic E-state index is 12.5. The third kappa shape index (κ3) is 2.77. The average Bonchev–Trinajstić information content (AvgIpc) is 2.44. The second-order valence-electron chi connectivity index (χ2n) is 5.15. The number of anilines is 1. The Hall–Kier alpha value is -2.30. The van der Waals surface area contributed by atoms with Gasteiger partial charge in [-0.25, -0.2) is 4.79 Å². The van der Waals surface area contributed by atoms with Crippen LogP contribution >= 0.6 is 0 Å². The summed E-state index contributed by atoms with van der Waals surface area (Å²) in [6, 6.07) is 7.59. The molecular weight excluding hydrogens is 268 g/mol. The first kappa shape index (κ1) is 15.1. The van der Waals surface area contributed by atoms with Crippen molar-refractivity contribution in [1.29, 1.82) is 0 Å². The number of ether oxygens (including phenoxy) is 1. The van der Waals surface area contributed by atoms with Crippen molar-refractivity contribution < 1.29 is 9.53 Å². The van der Waals surface area contributed by atoms with Crippen molar-refractivity contribution in [3.05, 3.63) is 40.2 Å². The third-order valence-corrected chi connectivity index (χ3v) is 3.22. The summed E-state index contributed by atoms with van der Waals surface area (Å²) in [5.41, 5.74) is 1.03. The summed E-state index contributed by atoms with van der Waals surface area (Å²) in [6.45, 7) is 5.87. The van der Waals surface area contributed by atoms with E-state index in [4.69, 9.17) is 4.74 Å². The molecule has 0 saturated heterocycles. The van der Waals surface area contributed by atoms with Gasteiger partial charge in [0.2, 0.25) is 0 Å². The van der Waals surface area contributed by atoms with E-state index >= 15 is 0 Å². The van der Waals surface area contributed by atoms with E-state index in [0.29, 0.717) is 5.69 Å². The molecule has 1 aromatic heterocycles. The molecule has 112 valence electrons. The van der Waals surface area contributed by atoms with Crippen LogP contribution in [-0.2, 0) is 11.8 Å². The van der Waals surface area contributed by atoms with Gasteiger partial charge in [0.1, 0.15) is 5.56 Å². The quantitative estimate of drug-likeness (QED) is 0.878.